The second-order valence-electron chi connectivity index (χ2n) is 8.16. The van der Waals surface area contributed by atoms with Crippen molar-refractivity contribution in [3.05, 3.63) is 76.2 Å². The van der Waals surface area contributed by atoms with E-state index < -0.39 is 29.6 Å². The van der Waals surface area contributed by atoms with Gasteiger partial charge in [0.1, 0.15) is 23.1 Å². The summed E-state index contributed by atoms with van der Waals surface area (Å²) in [5.41, 5.74) is 0.0994. The van der Waals surface area contributed by atoms with E-state index in [4.69, 9.17) is 9.84 Å². The highest BCUT2D eigenvalue weighted by Gasteiger charge is 2.23. The molecule has 0 fully saturated rings. The number of rotatable bonds is 9. The van der Waals surface area contributed by atoms with Crippen LogP contribution in [0.1, 0.15) is 42.0 Å². The summed E-state index contributed by atoms with van der Waals surface area (Å²) in [5.74, 6) is -1.11. The third kappa shape index (κ3) is 5.45. The van der Waals surface area contributed by atoms with E-state index in [1.54, 1.807) is 39.1 Å². The number of nitrogens with zero attached hydrogens (tertiary/aromatic N) is 3. The molecular weight excluding hydrogens is 469 g/mol. The van der Waals surface area contributed by atoms with Gasteiger partial charge in [-0.2, -0.15) is 4.68 Å². The van der Waals surface area contributed by atoms with Crippen molar-refractivity contribution in [1.29, 1.82) is 0 Å². The quantitative estimate of drug-likeness (QED) is 0.379. The molecule has 190 valence electrons. The van der Waals surface area contributed by atoms with Gasteiger partial charge in [-0.3, -0.25) is 14.7 Å². The van der Waals surface area contributed by atoms with E-state index in [9.17, 15) is 14.4 Å². The van der Waals surface area contributed by atoms with Crippen LogP contribution in [0, 0.1) is 12.7 Å². The number of aromatic nitrogens is 3. The minimum absolute atomic E-state index is 0.0233. The second kappa shape index (κ2) is 10.9. The maximum Gasteiger partial charge on any atom is 0.409 e. The second-order valence-corrected chi connectivity index (χ2v) is 8.16. The first kappa shape index (κ1) is 26.2. The standard InChI is InChI=1S/C25H28FN5O5/c1-6-9-15(4)36-20-13-19(31-25(35)30(5)21(7-2)29-31)17(26)12-16(20)23(32)28-22-14(3)10-8-11-18(22)27-24(33)34/h6,8,10-13,15,27H,1,7,9H2,2-5H3,(H,28,32)(H,33,34). The van der Waals surface area contributed by atoms with Crippen molar-refractivity contribution in [2.75, 3.05) is 10.6 Å². The Labute approximate surface area is 207 Å². The number of hydrogen-bond donors (Lipinski definition) is 3. The van der Waals surface area contributed by atoms with Gasteiger partial charge in [0, 0.05) is 26.0 Å². The number of anilines is 2. The average molecular weight is 498 g/mol. The number of nitrogens with one attached hydrogen (secondary N) is 2. The zero-order valence-electron chi connectivity index (χ0n) is 20.5. The molecule has 1 unspecified atom stereocenters. The predicted molar refractivity (Wildman–Crippen MR) is 134 cm³/mol. The normalized spacial score (nSPS) is 11.6. The zero-order chi connectivity index (χ0) is 26.6. The SMILES string of the molecule is C=CCC(C)Oc1cc(-n2nc(CC)n(C)c2=O)c(F)cc1C(=O)Nc1c(C)cccc1NC(=O)O. The third-order valence-electron chi connectivity index (χ3n) is 5.49. The Morgan fingerprint density at radius 1 is 1.31 bits per heavy atom. The first-order chi connectivity index (χ1) is 17.1. The van der Waals surface area contributed by atoms with Crippen LogP contribution in [0.4, 0.5) is 20.6 Å². The average Bonchev–Trinajstić information content (AvgIpc) is 3.10. The highest BCUT2D eigenvalue weighted by atomic mass is 19.1. The highest BCUT2D eigenvalue weighted by molar-refractivity contribution is 6.09. The minimum atomic E-state index is -1.30. The van der Waals surface area contributed by atoms with Crippen molar-refractivity contribution in [2.24, 2.45) is 7.05 Å². The van der Waals surface area contributed by atoms with Crippen LogP contribution in [-0.4, -0.2) is 37.6 Å². The van der Waals surface area contributed by atoms with E-state index in [1.807, 2.05) is 6.92 Å². The third-order valence-corrected chi connectivity index (χ3v) is 5.49. The molecule has 11 heteroatoms. The fourth-order valence-corrected chi connectivity index (χ4v) is 3.66. The zero-order valence-corrected chi connectivity index (χ0v) is 20.5. The van der Waals surface area contributed by atoms with Crippen molar-refractivity contribution >= 4 is 23.4 Å². The van der Waals surface area contributed by atoms with E-state index in [1.165, 1.54) is 16.7 Å². The number of carbonyl (C=O) groups excluding carboxylic acids is 1. The molecular formula is C25H28FN5O5. The lowest BCUT2D eigenvalue weighted by Crippen LogP contribution is -2.24. The number of carboxylic acid groups (broad SMARTS) is 1. The molecule has 0 radical (unpaired) electrons. The van der Waals surface area contributed by atoms with Crippen molar-refractivity contribution in [2.45, 2.75) is 39.7 Å². The first-order valence-corrected chi connectivity index (χ1v) is 11.2. The number of ether oxygens (including phenoxy) is 1. The Morgan fingerprint density at radius 2 is 2.03 bits per heavy atom. The molecule has 10 nitrogen and oxygen atoms in total. The summed E-state index contributed by atoms with van der Waals surface area (Å²) in [4.78, 5) is 37.1. The summed E-state index contributed by atoms with van der Waals surface area (Å²) >= 11 is 0. The molecule has 0 aliphatic rings. The molecule has 0 aliphatic heterocycles. The van der Waals surface area contributed by atoms with Crippen LogP contribution < -0.4 is 21.1 Å². The Bertz CT molecular complexity index is 1380. The summed E-state index contributed by atoms with van der Waals surface area (Å²) < 4.78 is 23.5. The van der Waals surface area contributed by atoms with Crippen molar-refractivity contribution in [3.8, 4) is 11.4 Å². The van der Waals surface area contributed by atoms with E-state index in [0.29, 0.717) is 24.2 Å². The van der Waals surface area contributed by atoms with Gasteiger partial charge >= 0.3 is 11.8 Å². The summed E-state index contributed by atoms with van der Waals surface area (Å²) in [7, 11) is 1.54. The molecule has 0 saturated heterocycles. The predicted octanol–water partition coefficient (Wildman–Crippen LogP) is 4.27. The molecule has 3 aromatic rings. The maximum atomic E-state index is 15.3. The number of amides is 2. The van der Waals surface area contributed by atoms with Gasteiger partial charge in [0.25, 0.3) is 5.91 Å². The molecule has 2 amide bonds. The highest BCUT2D eigenvalue weighted by Crippen LogP contribution is 2.30. The maximum absolute atomic E-state index is 15.3. The number of benzene rings is 2. The molecule has 0 aliphatic carbocycles. The summed E-state index contributed by atoms with van der Waals surface area (Å²) in [5, 5.41) is 18.2. The van der Waals surface area contributed by atoms with Crippen LogP contribution in [-0.2, 0) is 13.5 Å². The number of para-hydroxylation sites is 1. The van der Waals surface area contributed by atoms with Gasteiger partial charge < -0.3 is 15.2 Å². The van der Waals surface area contributed by atoms with E-state index in [2.05, 4.69) is 22.3 Å². The molecule has 36 heavy (non-hydrogen) atoms. The molecule has 1 aromatic heterocycles. The Balaban J connectivity index is 2.11. The van der Waals surface area contributed by atoms with Crippen molar-refractivity contribution in [1.82, 2.24) is 14.3 Å². The Kier molecular flexibility index (Phi) is 7.93. The largest absolute Gasteiger partial charge is 0.489 e. The molecule has 0 spiro atoms. The topological polar surface area (TPSA) is 127 Å². The Hall–Kier alpha value is -4.41. The van der Waals surface area contributed by atoms with Crippen LogP contribution in [0.5, 0.6) is 5.75 Å². The molecule has 2 aromatic carbocycles. The van der Waals surface area contributed by atoms with Gasteiger partial charge in [-0.05, 0) is 31.5 Å². The summed E-state index contributed by atoms with van der Waals surface area (Å²) in [6.45, 7) is 8.94. The first-order valence-electron chi connectivity index (χ1n) is 11.2. The van der Waals surface area contributed by atoms with Gasteiger partial charge in [-0.15, -0.1) is 11.7 Å². The molecule has 1 heterocycles. The van der Waals surface area contributed by atoms with E-state index >= 15 is 4.39 Å². The Morgan fingerprint density at radius 3 is 2.64 bits per heavy atom. The molecule has 3 rings (SSSR count). The van der Waals surface area contributed by atoms with Gasteiger partial charge in [0.15, 0.2) is 0 Å². The monoisotopic (exact) mass is 497 g/mol. The van der Waals surface area contributed by atoms with Gasteiger partial charge in [0.2, 0.25) is 0 Å². The van der Waals surface area contributed by atoms with E-state index in [-0.39, 0.29) is 28.4 Å². The lowest BCUT2D eigenvalue weighted by molar-refractivity contribution is 0.101. The van der Waals surface area contributed by atoms with Crippen LogP contribution in [0.25, 0.3) is 5.69 Å². The van der Waals surface area contributed by atoms with Crippen LogP contribution in [0.3, 0.4) is 0 Å². The lowest BCUT2D eigenvalue weighted by Gasteiger charge is -2.19. The summed E-state index contributed by atoms with van der Waals surface area (Å²) in [6, 6.07) is 7.03. The van der Waals surface area contributed by atoms with Crippen LogP contribution in [0.2, 0.25) is 0 Å². The molecule has 0 saturated carbocycles. The van der Waals surface area contributed by atoms with Gasteiger partial charge in [-0.25, -0.2) is 14.0 Å². The molecule has 3 N–H and O–H groups in total. The molecule has 1 atom stereocenters. The van der Waals surface area contributed by atoms with Crippen molar-refractivity contribution in [3.63, 3.8) is 0 Å². The van der Waals surface area contributed by atoms with Gasteiger partial charge in [0.05, 0.1) is 23.0 Å². The van der Waals surface area contributed by atoms with Crippen molar-refractivity contribution < 1.29 is 23.8 Å². The van der Waals surface area contributed by atoms with Crippen LogP contribution in [0.15, 0.2) is 47.8 Å². The number of hydrogen-bond acceptors (Lipinski definition) is 5. The molecule has 0 bridgehead atoms. The fraction of sp³-hybridized carbons (Fsp3) is 0.280. The minimum Gasteiger partial charge on any atom is -0.489 e. The lowest BCUT2D eigenvalue weighted by atomic mass is 10.1. The van der Waals surface area contributed by atoms with Crippen LogP contribution >= 0.6 is 0 Å². The number of aryl methyl sites for hydroxylation is 2. The number of carbonyl (C=O) groups is 2. The summed E-state index contributed by atoms with van der Waals surface area (Å²) in [6.07, 6.45) is 0.830. The van der Waals surface area contributed by atoms with Gasteiger partial charge in [-0.1, -0.05) is 25.1 Å². The fourth-order valence-electron chi connectivity index (χ4n) is 3.66. The number of halogens is 1. The smallest absolute Gasteiger partial charge is 0.409 e. The van der Waals surface area contributed by atoms with E-state index in [0.717, 1.165) is 10.7 Å².